The molecule has 0 saturated carbocycles. The van der Waals surface area contributed by atoms with E-state index in [1.54, 1.807) is 4.90 Å². The Morgan fingerprint density at radius 2 is 2.04 bits per heavy atom. The van der Waals surface area contributed by atoms with E-state index in [0.29, 0.717) is 0 Å². The number of carbonyl (C=O) groups excluding carboxylic acids is 2. The van der Waals surface area contributed by atoms with Gasteiger partial charge in [-0.25, -0.2) is 0 Å². The van der Waals surface area contributed by atoms with E-state index in [9.17, 15) is 22.8 Å². The number of hydrogen-bond donors (Lipinski definition) is 1. The summed E-state index contributed by atoms with van der Waals surface area (Å²) >= 11 is 5.53. The van der Waals surface area contributed by atoms with Gasteiger partial charge < -0.3 is 10.2 Å². The second-order valence-electron chi connectivity index (χ2n) is 5.72. The van der Waals surface area contributed by atoms with Crippen LogP contribution < -0.4 is 5.32 Å². The van der Waals surface area contributed by atoms with E-state index in [0.717, 1.165) is 12.1 Å². The lowest BCUT2D eigenvalue weighted by atomic mass is 10.1. The number of rotatable bonds is 3. The maximum Gasteiger partial charge on any atom is 0.417 e. The van der Waals surface area contributed by atoms with Crippen molar-refractivity contribution in [3.05, 3.63) is 28.8 Å². The van der Waals surface area contributed by atoms with Gasteiger partial charge in [-0.3, -0.25) is 9.59 Å². The Bertz CT molecular complexity index is 632. The van der Waals surface area contributed by atoms with Crippen molar-refractivity contribution >= 4 is 29.1 Å². The first kappa shape index (κ1) is 17.6. The molecule has 2 amide bonds. The van der Waals surface area contributed by atoms with E-state index < -0.39 is 28.6 Å². The number of halogens is 4. The van der Waals surface area contributed by atoms with Gasteiger partial charge in [0.05, 0.1) is 16.5 Å². The zero-order chi connectivity index (χ0) is 17.4. The summed E-state index contributed by atoms with van der Waals surface area (Å²) in [5.41, 5.74) is -1.01. The largest absolute Gasteiger partial charge is 0.417 e. The fraction of sp³-hybridized carbons (Fsp3) is 0.467. The van der Waals surface area contributed by atoms with Crippen molar-refractivity contribution in [3.63, 3.8) is 0 Å². The number of benzene rings is 1. The predicted molar refractivity (Wildman–Crippen MR) is 80.0 cm³/mol. The molecule has 1 N–H and O–H groups in total. The molecule has 1 aliphatic rings. The van der Waals surface area contributed by atoms with Gasteiger partial charge in [0.2, 0.25) is 11.8 Å². The zero-order valence-electron chi connectivity index (χ0n) is 12.6. The molecule has 0 aliphatic carbocycles. The summed E-state index contributed by atoms with van der Waals surface area (Å²) in [5, 5.41) is 1.99. The number of nitrogens with zero attached hydrogens (tertiary/aromatic N) is 1. The van der Waals surface area contributed by atoms with Crippen molar-refractivity contribution in [1.29, 1.82) is 0 Å². The number of hydrogen-bond acceptors (Lipinski definition) is 2. The molecule has 126 valence electrons. The summed E-state index contributed by atoms with van der Waals surface area (Å²) in [6, 6.07) is 3.15. The van der Waals surface area contributed by atoms with Gasteiger partial charge >= 0.3 is 6.18 Å². The molecule has 0 unspecified atom stereocenters. The Hall–Kier alpha value is -1.76. The van der Waals surface area contributed by atoms with Crippen LogP contribution in [0.15, 0.2) is 18.2 Å². The Morgan fingerprint density at radius 3 is 2.57 bits per heavy atom. The first-order valence-corrected chi connectivity index (χ1v) is 7.44. The van der Waals surface area contributed by atoms with Gasteiger partial charge in [0, 0.05) is 24.7 Å². The first-order valence-electron chi connectivity index (χ1n) is 7.06. The fourth-order valence-electron chi connectivity index (χ4n) is 2.47. The van der Waals surface area contributed by atoms with Gasteiger partial charge in [0.15, 0.2) is 0 Å². The number of carbonyl (C=O) groups is 2. The minimum Gasteiger partial charge on any atom is -0.339 e. The van der Waals surface area contributed by atoms with Crippen LogP contribution in [-0.4, -0.2) is 29.3 Å². The van der Waals surface area contributed by atoms with Crippen molar-refractivity contribution in [2.24, 2.45) is 5.92 Å². The Balaban J connectivity index is 2.11. The third kappa shape index (κ3) is 3.96. The molecule has 23 heavy (non-hydrogen) atoms. The predicted octanol–water partition coefficient (Wildman–Crippen LogP) is 3.55. The summed E-state index contributed by atoms with van der Waals surface area (Å²) in [4.78, 5) is 25.5. The average Bonchev–Trinajstić information content (AvgIpc) is 2.82. The average molecular weight is 349 g/mol. The van der Waals surface area contributed by atoms with Crippen molar-refractivity contribution in [3.8, 4) is 0 Å². The number of nitrogens with one attached hydrogen (secondary N) is 1. The van der Waals surface area contributed by atoms with Crippen LogP contribution in [0.5, 0.6) is 0 Å². The van der Waals surface area contributed by atoms with Gasteiger partial charge in [-0.1, -0.05) is 11.6 Å². The van der Waals surface area contributed by atoms with Gasteiger partial charge in [-0.15, -0.1) is 0 Å². The standard InChI is InChI=1S/C15H16ClF3N2O2/c1-8(2)21-7-9(5-13(21)22)14(23)20-10-3-4-12(16)11(6-10)15(17,18)19/h3-4,6,8-9H,5,7H2,1-2H3,(H,20,23)/t9-/m1/s1. The summed E-state index contributed by atoms with van der Waals surface area (Å²) in [5.74, 6) is -1.18. The highest BCUT2D eigenvalue weighted by molar-refractivity contribution is 6.31. The van der Waals surface area contributed by atoms with Gasteiger partial charge in [0.25, 0.3) is 0 Å². The maximum absolute atomic E-state index is 12.8. The number of alkyl halides is 3. The van der Waals surface area contributed by atoms with Crippen molar-refractivity contribution in [2.75, 3.05) is 11.9 Å². The monoisotopic (exact) mass is 348 g/mol. The molecule has 0 bridgehead atoms. The fourth-order valence-corrected chi connectivity index (χ4v) is 2.70. The molecule has 1 atom stereocenters. The minimum absolute atomic E-state index is 0.00201. The van der Waals surface area contributed by atoms with Gasteiger partial charge in [0.1, 0.15) is 0 Å². The van der Waals surface area contributed by atoms with Crippen LogP contribution in [0, 0.1) is 5.92 Å². The van der Waals surface area contributed by atoms with Gasteiger partial charge in [-0.05, 0) is 32.0 Å². The molecule has 4 nitrogen and oxygen atoms in total. The van der Waals surface area contributed by atoms with E-state index in [1.165, 1.54) is 6.07 Å². The van der Waals surface area contributed by atoms with Crippen LogP contribution >= 0.6 is 11.6 Å². The Kier molecular flexibility index (Phi) is 4.89. The summed E-state index contributed by atoms with van der Waals surface area (Å²) < 4.78 is 38.4. The van der Waals surface area contributed by atoms with Crippen molar-refractivity contribution in [2.45, 2.75) is 32.5 Å². The third-order valence-corrected chi connectivity index (χ3v) is 4.02. The summed E-state index contributed by atoms with van der Waals surface area (Å²) in [6.07, 6.45) is -4.54. The van der Waals surface area contributed by atoms with E-state index >= 15 is 0 Å². The number of likely N-dealkylation sites (tertiary alicyclic amines) is 1. The molecular formula is C15H16ClF3N2O2. The minimum atomic E-state index is -4.60. The molecular weight excluding hydrogens is 333 g/mol. The zero-order valence-corrected chi connectivity index (χ0v) is 13.3. The molecule has 0 spiro atoms. The van der Waals surface area contributed by atoms with E-state index in [4.69, 9.17) is 11.6 Å². The van der Waals surface area contributed by atoms with Crippen LogP contribution in [0.25, 0.3) is 0 Å². The second-order valence-corrected chi connectivity index (χ2v) is 6.13. The molecule has 8 heteroatoms. The van der Waals surface area contributed by atoms with E-state index in [1.807, 2.05) is 13.8 Å². The molecule has 2 rings (SSSR count). The highest BCUT2D eigenvalue weighted by Crippen LogP contribution is 2.36. The first-order chi connectivity index (χ1) is 10.6. The second kappa shape index (κ2) is 6.39. The molecule has 1 aromatic carbocycles. The molecule has 1 aliphatic heterocycles. The highest BCUT2D eigenvalue weighted by atomic mass is 35.5. The third-order valence-electron chi connectivity index (χ3n) is 3.69. The number of amides is 2. The van der Waals surface area contributed by atoms with Gasteiger partial charge in [-0.2, -0.15) is 13.2 Å². The normalized spacial score (nSPS) is 18.7. The van der Waals surface area contributed by atoms with Crippen molar-refractivity contribution in [1.82, 2.24) is 4.90 Å². The lowest BCUT2D eigenvalue weighted by Gasteiger charge is -2.20. The quantitative estimate of drug-likeness (QED) is 0.908. The number of anilines is 1. The Morgan fingerprint density at radius 1 is 1.39 bits per heavy atom. The lowest BCUT2D eigenvalue weighted by molar-refractivity contribution is -0.137. The SMILES string of the molecule is CC(C)N1C[C@H](C(=O)Nc2ccc(Cl)c(C(F)(F)F)c2)CC1=O. The molecule has 1 saturated heterocycles. The van der Waals surface area contributed by atoms with Crippen LogP contribution in [-0.2, 0) is 15.8 Å². The molecule has 1 fully saturated rings. The summed E-state index contributed by atoms with van der Waals surface area (Å²) in [7, 11) is 0. The van der Waals surface area contributed by atoms with Crippen LogP contribution in [0.4, 0.5) is 18.9 Å². The molecule has 0 aromatic heterocycles. The maximum atomic E-state index is 12.8. The Labute approximate surface area is 136 Å². The smallest absolute Gasteiger partial charge is 0.339 e. The lowest BCUT2D eigenvalue weighted by Crippen LogP contribution is -2.33. The molecule has 1 heterocycles. The molecule has 1 aromatic rings. The highest BCUT2D eigenvalue weighted by Gasteiger charge is 2.36. The van der Waals surface area contributed by atoms with Crippen LogP contribution in [0.2, 0.25) is 5.02 Å². The van der Waals surface area contributed by atoms with Crippen LogP contribution in [0.3, 0.4) is 0 Å². The van der Waals surface area contributed by atoms with Crippen LogP contribution in [0.1, 0.15) is 25.8 Å². The van der Waals surface area contributed by atoms with E-state index in [2.05, 4.69) is 5.32 Å². The van der Waals surface area contributed by atoms with E-state index in [-0.39, 0.29) is 30.6 Å². The topological polar surface area (TPSA) is 49.4 Å². The van der Waals surface area contributed by atoms with Crippen molar-refractivity contribution < 1.29 is 22.8 Å². The summed E-state index contributed by atoms with van der Waals surface area (Å²) in [6.45, 7) is 3.95. The molecule has 0 radical (unpaired) electrons.